The van der Waals surface area contributed by atoms with Crippen LogP contribution in [-0.4, -0.2) is 48.5 Å². The summed E-state index contributed by atoms with van der Waals surface area (Å²) in [6.45, 7) is 6.29. The molecule has 0 bridgehead atoms. The minimum absolute atomic E-state index is 0.188. The van der Waals surface area contributed by atoms with E-state index in [2.05, 4.69) is 4.90 Å². The van der Waals surface area contributed by atoms with Gasteiger partial charge in [0.15, 0.2) is 0 Å². The minimum atomic E-state index is -0.323. The summed E-state index contributed by atoms with van der Waals surface area (Å²) >= 11 is 6.12. The summed E-state index contributed by atoms with van der Waals surface area (Å²) in [6, 6.07) is 12.4. The number of hydrogen-bond acceptors (Lipinski definition) is 3. The second-order valence-electron chi connectivity index (χ2n) is 6.97. The molecule has 0 radical (unpaired) electrons. The van der Waals surface area contributed by atoms with Crippen molar-refractivity contribution in [2.75, 3.05) is 32.8 Å². The number of aryl methyl sites for hydroxylation is 1. The first-order valence-corrected chi connectivity index (χ1v) is 10.1. The van der Waals surface area contributed by atoms with Crippen LogP contribution in [-0.2, 0) is 17.8 Å². The number of halogens is 2. The van der Waals surface area contributed by atoms with Crippen molar-refractivity contribution < 1.29 is 13.9 Å². The van der Waals surface area contributed by atoms with Gasteiger partial charge in [-0.25, -0.2) is 4.39 Å². The predicted molar refractivity (Wildman–Crippen MR) is 109 cm³/mol. The van der Waals surface area contributed by atoms with E-state index in [4.69, 9.17) is 16.3 Å². The highest BCUT2D eigenvalue weighted by Gasteiger charge is 2.21. The van der Waals surface area contributed by atoms with Crippen LogP contribution in [0.3, 0.4) is 0 Å². The van der Waals surface area contributed by atoms with Gasteiger partial charge >= 0.3 is 0 Å². The van der Waals surface area contributed by atoms with Gasteiger partial charge in [-0.3, -0.25) is 9.69 Å². The molecule has 1 aliphatic heterocycles. The largest absolute Gasteiger partial charge is 0.494 e. The highest BCUT2D eigenvalue weighted by molar-refractivity contribution is 6.31. The van der Waals surface area contributed by atoms with Gasteiger partial charge in [0.05, 0.1) is 6.61 Å². The Hall–Kier alpha value is -2.11. The molecule has 0 aromatic heterocycles. The van der Waals surface area contributed by atoms with Crippen molar-refractivity contribution in [2.45, 2.75) is 26.3 Å². The molecule has 2 aromatic carbocycles. The maximum absolute atomic E-state index is 13.2. The van der Waals surface area contributed by atoms with Crippen LogP contribution in [0.4, 0.5) is 4.39 Å². The maximum Gasteiger partial charge on any atom is 0.222 e. The molecular weight excluding hydrogens is 379 g/mol. The molecule has 1 saturated heterocycles. The summed E-state index contributed by atoms with van der Waals surface area (Å²) < 4.78 is 18.6. The fourth-order valence-electron chi connectivity index (χ4n) is 3.37. The van der Waals surface area contributed by atoms with Gasteiger partial charge in [0.25, 0.3) is 0 Å². The topological polar surface area (TPSA) is 32.8 Å². The molecular formula is C22H26ClFN2O2. The van der Waals surface area contributed by atoms with E-state index in [1.165, 1.54) is 12.1 Å². The van der Waals surface area contributed by atoms with E-state index < -0.39 is 0 Å². The first-order valence-electron chi connectivity index (χ1n) is 9.71. The summed E-state index contributed by atoms with van der Waals surface area (Å²) in [5.41, 5.74) is 2.06. The normalized spacial score (nSPS) is 14.9. The van der Waals surface area contributed by atoms with E-state index in [1.54, 1.807) is 6.07 Å². The summed E-state index contributed by atoms with van der Waals surface area (Å²) in [4.78, 5) is 16.7. The van der Waals surface area contributed by atoms with E-state index >= 15 is 0 Å². The Balaban J connectivity index is 1.43. The number of piperazine rings is 1. The van der Waals surface area contributed by atoms with Crippen LogP contribution in [0, 0.1) is 5.82 Å². The smallest absolute Gasteiger partial charge is 0.222 e. The van der Waals surface area contributed by atoms with Crippen LogP contribution in [0.25, 0.3) is 0 Å². The number of carbonyl (C=O) groups is 1. The van der Waals surface area contributed by atoms with Crippen LogP contribution in [0.1, 0.15) is 24.5 Å². The van der Waals surface area contributed by atoms with Gasteiger partial charge in [0, 0.05) is 44.2 Å². The average Bonchev–Trinajstić information content (AvgIpc) is 2.70. The van der Waals surface area contributed by atoms with Crippen molar-refractivity contribution in [1.82, 2.24) is 9.80 Å². The lowest BCUT2D eigenvalue weighted by Gasteiger charge is -2.35. The molecule has 6 heteroatoms. The second kappa shape index (κ2) is 9.89. The molecule has 150 valence electrons. The number of carbonyl (C=O) groups excluding carboxylic acids is 1. The second-order valence-corrected chi connectivity index (χ2v) is 7.38. The Morgan fingerprint density at radius 2 is 1.82 bits per heavy atom. The number of benzene rings is 2. The van der Waals surface area contributed by atoms with Crippen molar-refractivity contribution in [1.29, 1.82) is 0 Å². The first-order chi connectivity index (χ1) is 13.5. The van der Waals surface area contributed by atoms with Gasteiger partial charge in [-0.15, -0.1) is 0 Å². The average molecular weight is 405 g/mol. The third kappa shape index (κ3) is 5.69. The minimum Gasteiger partial charge on any atom is -0.494 e. The molecule has 1 heterocycles. The molecule has 0 N–H and O–H groups in total. The van der Waals surface area contributed by atoms with Crippen LogP contribution in [0.15, 0.2) is 42.5 Å². The maximum atomic E-state index is 13.2. The van der Waals surface area contributed by atoms with E-state index in [1.807, 2.05) is 36.1 Å². The van der Waals surface area contributed by atoms with Gasteiger partial charge in [0.2, 0.25) is 5.91 Å². The molecule has 1 amide bonds. The Bertz CT molecular complexity index is 790. The predicted octanol–water partition coefficient (Wildman–Crippen LogP) is 4.15. The third-order valence-electron chi connectivity index (χ3n) is 5.00. The van der Waals surface area contributed by atoms with Crippen molar-refractivity contribution >= 4 is 17.5 Å². The number of hydrogen-bond donors (Lipinski definition) is 0. The summed E-state index contributed by atoms with van der Waals surface area (Å²) in [6.07, 6.45) is 1.24. The number of nitrogens with zero attached hydrogens (tertiary/aromatic N) is 2. The SMILES string of the molecule is CCOc1ccc(CCC(=O)N2CCN(Cc3ccc(F)cc3Cl)CC2)cc1. The van der Waals surface area contributed by atoms with E-state index in [9.17, 15) is 9.18 Å². The Morgan fingerprint density at radius 1 is 1.11 bits per heavy atom. The fraction of sp³-hybridized carbons (Fsp3) is 0.409. The molecule has 0 saturated carbocycles. The molecule has 1 fully saturated rings. The van der Waals surface area contributed by atoms with Crippen LogP contribution >= 0.6 is 11.6 Å². The van der Waals surface area contributed by atoms with Gasteiger partial charge in [-0.2, -0.15) is 0 Å². The molecule has 0 aliphatic carbocycles. The van der Waals surface area contributed by atoms with Crippen molar-refractivity contribution in [3.63, 3.8) is 0 Å². The standard InChI is InChI=1S/C22H26ClFN2O2/c1-2-28-20-8-3-17(4-9-20)5-10-22(27)26-13-11-25(12-14-26)16-18-6-7-19(24)15-21(18)23/h3-4,6-9,15H,2,5,10-14,16H2,1H3. The molecule has 3 rings (SSSR count). The Kier molecular flexibility index (Phi) is 7.29. The third-order valence-corrected chi connectivity index (χ3v) is 5.35. The number of ether oxygens (including phenoxy) is 1. The van der Waals surface area contributed by atoms with Crippen LogP contribution < -0.4 is 4.74 Å². The van der Waals surface area contributed by atoms with E-state index in [0.717, 1.165) is 36.4 Å². The van der Waals surface area contributed by atoms with Gasteiger partial charge in [0.1, 0.15) is 11.6 Å². The van der Waals surface area contributed by atoms with Gasteiger partial charge < -0.3 is 9.64 Å². The highest BCUT2D eigenvalue weighted by atomic mass is 35.5. The molecule has 0 atom stereocenters. The molecule has 4 nitrogen and oxygen atoms in total. The monoisotopic (exact) mass is 404 g/mol. The molecule has 28 heavy (non-hydrogen) atoms. The zero-order valence-electron chi connectivity index (χ0n) is 16.2. The summed E-state index contributed by atoms with van der Waals surface area (Å²) in [5.74, 6) is 0.722. The molecule has 0 spiro atoms. The Labute approximate surface area is 170 Å². The fourth-order valence-corrected chi connectivity index (χ4v) is 3.60. The summed E-state index contributed by atoms with van der Waals surface area (Å²) in [7, 11) is 0. The van der Waals surface area contributed by atoms with Gasteiger partial charge in [-0.1, -0.05) is 29.8 Å². The highest BCUT2D eigenvalue weighted by Crippen LogP contribution is 2.20. The van der Waals surface area contributed by atoms with Crippen molar-refractivity contribution in [2.24, 2.45) is 0 Å². The first kappa shape index (κ1) is 20.6. The zero-order valence-corrected chi connectivity index (χ0v) is 16.9. The van der Waals surface area contributed by atoms with E-state index in [0.29, 0.717) is 37.7 Å². The molecule has 1 aliphatic rings. The lowest BCUT2D eigenvalue weighted by atomic mass is 10.1. The summed E-state index contributed by atoms with van der Waals surface area (Å²) in [5, 5.41) is 0.453. The van der Waals surface area contributed by atoms with Crippen LogP contribution in [0.5, 0.6) is 5.75 Å². The lowest BCUT2D eigenvalue weighted by Crippen LogP contribution is -2.48. The van der Waals surface area contributed by atoms with E-state index in [-0.39, 0.29) is 11.7 Å². The lowest BCUT2D eigenvalue weighted by molar-refractivity contribution is -0.133. The van der Waals surface area contributed by atoms with Gasteiger partial charge in [-0.05, 0) is 48.7 Å². The van der Waals surface area contributed by atoms with Crippen molar-refractivity contribution in [3.05, 3.63) is 64.4 Å². The molecule has 2 aromatic rings. The number of rotatable bonds is 7. The van der Waals surface area contributed by atoms with Crippen LogP contribution in [0.2, 0.25) is 5.02 Å². The number of amides is 1. The quantitative estimate of drug-likeness (QED) is 0.694. The molecule has 0 unspecified atom stereocenters. The zero-order chi connectivity index (χ0) is 19.9. The Morgan fingerprint density at radius 3 is 2.46 bits per heavy atom. The van der Waals surface area contributed by atoms with Crippen molar-refractivity contribution in [3.8, 4) is 5.75 Å².